The normalized spacial score (nSPS) is 26.4. The Hall–Kier alpha value is -0.940. The standard InChI is InChI=1S/C16H24N2O2/c1-11(2)12-7-9-13(10-8-12)14-17(19)15(3,4)16(5,6)18(14)20/h7-11,14H,1-6H3/q-1. The maximum absolute atomic E-state index is 12.5. The summed E-state index contributed by atoms with van der Waals surface area (Å²) in [4.78, 5) is 0. The van der Waals surface area contributed by atoms with Crippen LogP contribution in [0.4, 0.5) is 0 Å². The van der Waals surface area contributed by atoms with E-state index in [4.69, 9.17) is 0 Å². The lowest BCUT2D eigenvalue weighted by Gasteiger charge is -2.44. The zero-order chi connectivity index (χ0) is 15.3. The van der Waals surface area contributed by atoms with Crippen LogP contribution in [0.15, 0.2) is 24.3 Å². The zero-order valence-electron chi connectivity index (χ0n) is 13.2. The molecule has 1 aliphatic heterocycles. The summed E-state index contributed by atoms with van der Waals surface area (Å²) < 4.78 is 0. The number of nitrogens with zero attached hydrogens (tertiary/aromatic N) is 2. The van der Waals surface area contributed by atoms with Gasteiger partial charge in [-0.1, -0.05) is 38.1 Å². The van der Waals surface area contributed by atoms with E-state index in [1.165, 1.54) is 5.56 Å². The molecule has 111 valence electrons. The Balaban J connectivity index is 2.38. The Bertz CT molecular complexity index is 460. The molecular formula is C16H24N2O2-. The molecule has 1 saturated heterocycles. The van der Waals surface area contributed by atoms with Crippen LogP contribution in [-0.2, 0) is 5.21 Å². The van der Waals surface area contributed by atoms with Gasteiger partial charge in [-0.3, -0.25) is 0 Å². The van der Waals surface area contributed by atoms with Crippen molar-refractivity contribution in [3.63, 3.8) is 0 Å². The van der Waals surface area contributed by atoms with E-state index >= 15 is 0 Å². The fourth-order valence-electron chi connectivity index (χ4n) is 2.57. The van der Waals surface area contributed by atoms with E-state index in [9.17, 15) is 10.4 Å². The molecule has 1 fully saturated rings. The summed E-state index contributed by atoms with van der Waals surface area (Å²) in [6.45, 7) is 11.6. The average Bonchev–Trinajstić information content (AvgIpc) is 2.49. The number of hydrogen-bond acceptors (Lipinski definition) is 3. The van der Waals surface area contributed by atoms with Crippen LogP contribution in [0.3, 0.4) is 0 Å². The topological polar surface area (TPSA) is 49.4 Å². The molecule has 4 heteroatoms. The minimum absolute atomic E-state index is 0.437. The molecule has 1 heterocycles. The number of rotatable bonds is 2. The summed E-state index contributed by atoms with van der Waals surface area (Å²) in [5, 5.41) is 27.0. The minimum Gasteiger partial charge on any atom is -0.783 e. The van der Waals surface area contributed by atoms with Gasteiger partial charge in [0.25, 0.3) is 0 Å². The van der Waals surface area contributed by atoms with Crippen molar-refractivity contribution in [1.82, 2.24) is 10.1 Å². The predicted octanol–water partition coefficient (Wildman–Crippen LogP) is 3.83. The lowest BCUT2D eigenvalue weighted by molar-refractivity contribution is -0.232. The summed E-state index contributed by atoms with van der Waals surface area (Å²) in [7, 11) is 0. The smallest absolute Gasteiger partial charge is 0.105 e. The van der Waals surface area contributed by atoms with Crippen LogP contribution in [0.1, 0.15) is 64.8 Å². The second-order valence-electron chi connectivity index (χ2n) is 6.96. The summed E-state index contributed by atoms with van der Waals surface area (Å²) in [6.07, 6.45) is -0.763. The number of hydrogen-bond donors (Lipinski definition) is 0. The summed E-state index contributed by atoms with van der Waals surface area (Å²) in [6, 6.07) is 7.79. The highest BCUT2D eigenvalue weighted by Gasteiger charge is 2.55. The lowest BCUT2D eigenvalue weighted by atomic mass is 9.84. The molecule has 0 unspecified atom stereocenters. The van der Waals surface area contributed by atoms with Gasteiger partial charge in [0.2, 0.25) is 0 Å². The molecule has 0 aliphatic carbocycles. The van der Waals surface area contributed by atoms with Crippen molar-refractivity contribution < 1.29 is 5.21 Å². The molecule has 1 radical (unpaired) electrons. The Labute approximate surface area is 121 Å². The van der Waals surface area contributed by atoms with Crippen LogP contribution in [0, 0.1) is 5.21 Å². The van der Waals surface area contributed by atoms with E-state index in [2.05, 4.69) is 13.8 Å². The van der Waals surface area contributed by atoms with Crippen molar-refractivity contribution in [3.05, 3.63) is 40.6 Å². The van der Waals surface area contributed by atoms with Gasteiger partial charge in [0.05, 0.1) is 5.54 Å². The van der Waals surface area contributed by atoms with Crippen molar-refractivity contribution in [2.45, 2.75) is 64.7 Å². The molecule has 0 amide bonds. The van der Waals surface area contributed by atoms with Gasteiger partial charge in [0, 0.05) is 5.54 Å². The van der Waals surface area contributed by atoms with Gasteiger partial charge >= 0.3 is 0 Å². The van der Waals surface area contributed by atoms with E-state index in [-0.39, 0.29) is 0 Å². The van der Waals surface area contributed by atoms with Gasteiger partial charge in [-0.2, -0.15) is 0 Å². The van der Waals surface area contributed by atoms with Crippen molar-refractivity contribution in [2.75, 3.05) is 0 Å². The third-order valence-electron chi connectivity index (χ3n) is 4.94. The first-order valence-corrected chi connectivity index (χ1v) is 7.13. The van der Waals surface area contributed by atoms with E-state index in [0.29, 0.717) is 5.92 Å². The number of benzene rings is 1. The molecule has 20 heavy (non-hydrogen) atoms. The second kappa shape index (κ2) is 4.81. The molecule has 2 rings (SSSR count). The van der Waals surface area contributed by atoms with Crippen molar-refractivity contribution >= 4 is 0 Å². The highest BCUT2D eigenvalue weighted by Crippen LogP contribution is 2.48. The number of hydroxylamine groups is 4. The van der Waals surface area contributed by atoms with Gasteiger partial charge in [0.1, 0.15) is 6.17 Å². The molecule has 1 aromatic carbocycles. The maximum Gasteiger partial charge on any atom is 0.105 e. The van der Waals surface area contributed by atoms with Gasteiger partial charge in [-0.05, 0) is 44.7 Å². The zero-order valence-corrected chi connectivity index (χ0v) is 13.2. The lowest BCUT2D eigenvalue weighted by Crippen LogP contribution is -2.51. The Morgan fingerprint density at radius 3 is 1.90 bits per heavy atom. The summed E-state index contributed by atoms with van der Waals surface area (Å²) in [5.74, 6) is 0.437. The first-order valence-electron chi connectivity index (χ1n) is 7.13. The minimum atomic E-state index is -0.763. The van der Waals surface area contributed by atoms with Gasteiger partial charge in [0.15, 0.2) is 0 Å². The van der Waals surface area contributed by atoms with Gasteiger partial charge in [-0.25, -0.2) is 0 Å². The third kappa shape index (κ3) is 2.07. The first-order chi connectivity index (χ1) is 9.10. The van der Waals surface area contributed by atoms with E-state index < -0.39 is 17.2 Å². The Kier molecular flexibility index (Phi) is 3.71. The highest BCUT2D eigenvalue weighted by molar-refractivity contribution is 5.29. The average molecular weight is 276 g/mol. The van der Waals surface area contributed by atoms with Crippen LogP contribution >= 0.6 is 0 Å². The van der Waals surface area contributed by atoms with Gasteiger partial charge < -0.3 is 10.3 Å². The molecule has 0 N–H and O–H groups in total. The highest BCUT2D eigenvalue weighted by atomic mass is 16.6. The second-order valence-corrected chi connectivity index (χ2v) is 6.96. The van der Waals surface area contributed by atoms with Crippen LogP contribution < -0.4 is 0 Å². The van der Waals surface area contributed by atoms with Crippen LogP contribution in [0.2, 0.25) is 0 Å². The fraction of sp³-hybridized carbons (Fsp3) is 0.625. The molecule has 4 nitrogen and oxygen atoms in total. The molecule has 0 saturated carbocycles. The van der Waals surface area contributed by atoms with E-state index in [1.54, 1.807) is 0 Å². The van der Waals surface area contributed by atoms with Crippen molar-refractivity contribution in [2.24, 2.45) is 0 Å². The predicted molar refractivity (Wildman–Crippen MR) is 79.2 cm³/mol. The van der Waals surface area contributed by atoms with E-state index in [0.717, 1.165) is 15.7 Å². The van der Waals surface area contributed by atoms with Crippen molar-refractivity contribution in [1.29, 1.82) is 0 Å². The third-order valence-corrected chi connectivity index (χ3v) is 4.94. The fourth-order valence-corrected chi connectivity index (χ4v) is 2.57. The SMILES string of the molecule is CC(C)c1ccc(C2N([O])C(C)(C)C(C)(C)N2[O-])cc1. The van der Waals surface area contributed by atoms with Crippen molar-refractivity contribution in [3.8, 4) is 0 Å². The Morgan fingerprint density at radius 2 is 1.55 bits per heavy atom. The molecule has 0 spiro atoms. The molecule has 1 aliphatic rings. The Morgan fingerprint density at radius 1 is 1.05 bits per heavy atom. The molecule has 0 atom stereocenters. The van der Waals surface area contributed by atoms with Crippen LogP contribution in [-0.4, -0.2) is 21.2 Å². The van der Waals surface area contributed by atoms with E-state index in [1.807, 2.05) is 52.0 Å². The first kappa shape index (κ1) is 15.4. The molecule has 0 bridgehead atoms. The largest absolute Gasteiger partial charge is 0.783 e. The van der Waals surface area contributed by atoms with Gasteiger partial charge in [-0.15, -0.1) is 10.3 Å². The summed E-state index contributed by atoms with van der Waals surface area (Å²) >= 11 is 0. The molecular weight excluding hydrogens is 252 g/mol. The van der Waals surface area contributed by atoms with Crippen LogP contribution in [0.25, 0.3) is 0 Å². The monoisotopic (exact) mass is 276 g/mol. The molecule has 1 aromatic rings. The quantitative estimate of drug-likeness (QED) is 0.825. The maximum atomic E-state index is 12.5. The molecule has 0 aromatic heterocycles. The summed E-state index contributed by atoms with van der Waals surface area (Å²) in [5.41, 5.74) is 0.518. The van der Waals surface area contributed by atoms with Crippen LogP contribution in [0.5, 0.6) is 0 Å².